The topological polar surface area (TPSA) is 35.2 Å². The van der Waals surface area contributed by atoms with E-state index in [1.54, 1.807) is 0 Å². The van der Waals surface area contributed by atoms with Crippen LogP contribution < -0.4 is 5.14 Å². The molecule has 0 heterocycles. The second kappa shape index (κ2) is 4.39. The van der Waals surface area contributed by atoms with Crippen LogP contribution in [0.15, 0.2) is 0 Å². The Hall–Kier alpha value is 0.270. The van der Waals surface area contributed by atoms with Gasteiger partial charge in [-0.25, -0.2) is 0 Å². The molecule has 2 fully saturated rings. The van der Waals surface area contributed by atoms with E-state index in [1.807, 2.05) is 0 Å². The molecule has 4 atom stereocenters. The number of fused-ring (bicyclic) bond motifs is 2. The van der Waals surface area contributed by atoms with Crippen LogP contribution in [0.2, 0.25) is 0 Å². The van der Waals surface area contributed by atoms with Crippen molar-refractivity contribution < 1.29 is 4.74 Å². The summed E-state index contributed by atoms with van der Waals surface area (Å²) >= 11 is 1.53. The summed E-state index contributed by atoms with van der Waals surface area (Å²) in [6, 6.07) is 0. The van der Waals surface area contributed by atoms with Gasteiger partial charge in [0.05, 0.1) is 12.7 Å². The van der Waals surface area contributed by atoms with Crippen LogP contribution in [0.5, 0.6) is 0 Å². The molecule has 0 aliphatic heterocycles. The van der Waals surface area contributed by atoms with Crippen molar-refractivity contribution in [1.82, 2.24) is 0 Å². The van der Waals surface area contributed by atoms with Gasteiger partial charge in [-0.3, -0.25) is 5.14 Å². The maximum absolute atomic E-state index is 6.34. The highest BCUT2D eigenvalue weighted by Crippen LogP contribution is 2.68. The van der Waals surface area contributed by atoms with Crippen LogP contribution in [0.4, 0.5) is 0 Å². The number of rotatable bonds is 3. The van der Waals surface area contributed by atoms with Crippen molar-refractivity contribution in [1.29, 1.82) is 0 Å². The molecule has 0 radical (unpaired) electrons. The first-order chi connectivity index (χ1) is 8.13. The summed E-state index contributed by atoms with van der Waals surface area (Å²) < 4.78 is 6.34. The number of nitrogens with two attached hydrogens (primary N) is 1. The first-order valence-corrected chi connectivity index (χ1v) is 8.05. The zero-order valence-corrected chi connectivity index (χ0v) is 13.6. The van der Waals surface area contributed by atoms with Gasteiger partial charge in [-0.15, -0.1) is 0 Å². The Labute approximate surface area is 117 Å². The zero-order valence-electron chi connectivity index (χ0n) is 12.7. The van der Waals surface area contributed by atoms with Gasteiger partial charge in [0.25, 0.3) is 0 Å². The van der Waals surface area contributed by atoms with Crippen LogP contribution >= 0.6 is 11.9 Å². The minimum atomic E-state index is 0.228. The van der Waals surface area contributed by atoms with Gasteiger partial charge in [0, 0.05) is 10.7 Å². The van der Waals surface area contributed by atoms with Crippen molar-refractivity contribution >= 4 is 11.9 Å². The molecule has 2 aliphatic rings. The van der Waals surface area contributed by atoms with Crippen molar-refractivity contribution in [3.8, 4) is 0 Å². The fourth-order valence-electron chi connectivity index (χ4n) is 4.00. The van der Waals surface area contributed by atoms with Crippen molar-refractivity contribution in [3.63, 3.8) is 0 Å². The van der Waals surface area contributed by atoms with Crippen molar-refractivity contribution in [2.75, 3.05) is 6.61 Å². The fourth-order valence-corrected chi connectivity index (χ4v) is 5.19. The molecule has 0 aromatic rings. The van der Waals surface area contributed by atoms with Gasteiger partial charge in [0.2, 0.25) is 0 Å². The van der Waals surface area contributed by atoms with E-state index in [0.717, 1.165) is 6.61 Å². The minimum absolute atomic E-state index is 0.228. The van der Waals surface area contributed by atoms with E-state index in [-0.39, 0.29) is 5.41 Å². The third-order valence-electron chi connectivity index (χ3n) is 5.55. The molecule has 3 heteroatoms. The molecule has 2 rings (SSSR count). The maximum atomic E-state index is 6.34. The molecule has 0 aromatic carbocycles. The summed E-state index contributed by atoms with van der Waals surface area (Å²) in [4.78, 5) is 0. The Morgan fingerprint density at radius 2 is 1.89 bits per heavy atom. The van der Waals surface area contributed by atoms with E-state index in [9.17, 15) is 0 Å². The molecule has 2 saturated carbocycles. The molecule has 2 bridgehead atoms. The normalized spacial score (nSPS) is 42.5. The van der Waals surface area contributed by atoms with Crippen molar-refractivity contribution in [2.24, 2.45) is 27.3 Å². The number of ether oxygens (including phenoxy) is 1. The quantitative estimate of drug-likeness (QED) is 0.792. The average Bonchev–Trinajstić information content (AvgIpc) is 2.55. The van der Waals surface area contributed by atoms with Gasteiger partial charge < -0.3 is 4.74 Å². The second-order valence-corrected chi connectivity index (χ2v) is 8.99. The smallest absolute Gasteiger partial charge is 0.0768 e. The molecule has 106 valence electrons. The van der Waals surface area contributed by atoms with Gasteiger partial charge in [-0.05, 0) is 29.6 Å². The summed E-state index contributed by atoms with van der Waals surface area (Å²) in [5, 5.41) is 6.44. The predicted molar refractivity (Wildman–Crippen MR) is 79.4 cm³/mol. The largest absolute Gasteiger partial charge is 0.376 e. The molecular formula is C15H29NOS. The summed E-state index contributed by atoms with van der Waals surface area (Å²) in [5.74, 6) is 0.711. The van der Waals surface area contributed by atoms with Crippen LogP contribution in [0.3, 0.4) is 0 Å². The molecule has 0 spiro atoms. The first-order valence-electron chi connectivity index (χ1n) is 7.11. The molecule has 2 nitrogen and oxygen atoms in total. The molecule has 0 aromatic heterocycles. The third-order valence-corrected chi connectivity index (χ3v) is 6.44. The van der Waals surface area contributed by atoms with E-state index in [1.165, 1.54) is 24.8 Å². The van der Waals surface area contributed by atoms with E-state index in [4.69, 9.17) is 9.88 Å². The highest BCUT2D eigenvalue weighted by Gasteiger charge is 2.66. The van der Waals surface area contributed by atoms with Gasteiger partial charge in [0.15, 0.2) is 0 Å². The molecule has 2 aliphatic carbocycles. The van der Waals surface area contributed by atoms with E-state index in [2.05, 4.69) is 41.5 Å². The lowest BCUT2D eigenvalue weighted by Crippen LogP contribution is -2.42. The summed E-state index contributed by atoms with van der Waals surface area (Å²) in [5.41, 5.74) is 0.874. The Morgan fingerprint density at radius 1 is 1.28 bits per heavy atom. The highest BCUT2D eigenvalue weighted by atomic mass is 32.2. The van der Waals surface area contributed by atoms with E-state index < -0.39 is 0 Å². The standard InChI is InChI=1S/C15H29NOS/c1-13(2,3)9-17-12-11(18-16)10-7-8-15(12,6)14(10,4)5/h10-12H,7-9,16H2,1-6H3/t10-,11-,12-,15+/m1/s1. The Morgan fingerprint density at radius 3 is 2.39 bits per heavy atom. The molecule has 0 saturated heterocycles. The predicted octanol–water partition coefficient (Wildman–Crippen LogP) is 3.85. The van der Waals surface area contributed by atoms with Crippen LogP contribution in [0, 0.1) is 22.2 Å². The Bertz CT molecular complexity index is 323. The minimum Gasteiger partial charge on any atom is -0.376 e. The average molecular weight is 271 g/mol. The molecule has 0 amide bonds. The SMILES string of the molecule is CC(C)(C)CO[C@@H]1[C@H](SN)[C@H]2CC[C@]1(C)C2(C)C. The van der Waals surface area contributed by atoms with Gasteiger partial charge in [-0.1, -0.05) is 53.5 Å². The van der Waals surface area contributed by atoms with Gasteiger partial charge >= 0.3 is 0 Å². The third kappa shape index (κ3) is 2.03. The summed E-state index contributed by atoms with van der Waals surface area (Å²) in [7, 11) is 0. The number of hydrogen-bond acceptors (Lipinski definition) is 3. The van der Waals surface area contributed by atoms with Crippen LogP contribution in [0.25, 0.3) is 0 Å². The molecule has 2 N–H and O–H groups in total. The van der Waals surface area contributed by atoms with Gasteiger partial charge in [0.1, 0.15) is 0 Å². The van der Waals surface area contributed by atoms with Crippen LogP contribution in [0.1, 0.15) is 54.4 Å². The van der Waals surface area contributed by atoms with E-state index in [0.29, 0.717) is 28.1 Å². The van der Waals surface area contributed by atoms with Crippen molar-refractivity contribution in [2.45, 2.75) is 65.7 Å². The van der Waals surface area contributed by atoms with Crippen molar-refractivity contribution in [3.05, 3.63) is 0 Å². The van der Waals surface area contributed by atoms with Crippen LogP contribution in [-0.2, 0) is 4.74 Å². The second-order valence-electron chi connectivity index (χ2n) is 8.18. The Balaban J connectivity index is 2.19. The fraction of sp³-hybridized carbons (Fsp3) is 1.00. The molecule has 0 unspecified atom stereocenters. The van der Waals surface area contributed by atoms with E-state index >= 15 is 0 Å². The zero-order chi connectivity index (χ0) is 13.8. The maximum Gasteiger partial charge on any atom is 0.0768 e. The summed E-state index contributed by atoms with van der Waals surface area (Å²) in [6.45, 7) is 14.8. The lowest BCUT2D eigenvalue weighted by atomic mass is 9.70. The molecular weight excluding hydrogens is 242 g/mol. The number of hydrogen-bond donors (Lipinski definition) is 1. The first kappa shape index (κ1) is 14.7. The highest BCUT2D eigenvalue weighted by molar-refractivity contribution is 7.97. The molecule has 18 heavy (non-hydrogen) atoms. The lowest BCUT2D eigenvalue weighted by Gasteiger charge is -2.40. The van der Waals surface area contributed by atoms with Crippen LogP contribution in [-0.4, -0.2) is 18.0 Å². The lowest BCUT2D eigenvalue weighted by molar-refractivity contribution is -0.0670. The summed E-state index contributed by atoms with van der Waals surface area (Å²) in [6.07, 6.45) is 2.92. The monoisotopic (exact) mass is 271 g/mol. The Kier molecular flexibility index (Phi) is 3.58. The van der Waals surface area contributed by atoms with Gasteiger partial charge in [-0.2, -0.15) is 0 Å².